The first-order valence-electron chi connectivity index (χ1n) is 5.36. The smallest absolute Gasteiger partial charge is 0.358 e. The number of carbonyl (C=O) groups is 1. The lowest BCUT2D eigenvalue weighted by Gasteiger charge is -2.03. The van der Waals surface area contributed by atoms with E-state index < -0.39 is 5.97 Å². The first-order valence-corrected chi connectivity index (χ1v) is 5.36. The summed E-state index contributed by atoms with van der Waals surface area (Å²) in [6.07, 6.45) is 1.72. The normalized spacial score (nSPS) is 10.2. The summed E-state index contributed by atoms with van der Waals surface area (Å²) in [4.78, 5) is 15.5. The van der Waals surface area contributed by atoms with E-state index in [0.717, 1.165) is 5.82 Å². The van der Waals surface area contributed by atoms with Crippen molar-refractivity contribution in [3.8, 4) is 0 Å². The minimum absolute atomic E-state index is 0.348. The summed E-state index contributed by atoms with van der Waals surface area (Å²) in [6, 6.07) is 10.0. The molecule has 88 valence electrons. The van der Waals surface area contributed by atoms with E-state index in [0.29, 0.717) is 12.2 Å². The van der Waals surface area contributed by atoms with Gasteiger partial charge in [-0.15, -0.1) is 0 Å². The van der Waals surface area contributed by atoms with Crippen molar-refractivity contribution in [1.29, 1.82) is 0 Å². The van der Waals surface area contributed by atoms with Crippen molar-refractivity contribution in [3.05, 3.63) is 53.6 Å². The van der Waals surface area contributed by atoms with Crippen LogP contribution in [-0.4, -0.2) is 22.6 Å². The largest absolute Gasteiger partial charge is 0.464 e. The van der Waals surface area contributed by atoms with Gasteiger partial charge in [0, 0.05) is 12.7 Å². The van der Waals surface area contributed by atoms with Gasteiger partial charge in [0.05, 0.1) is 7.11 Å². The van der Waals surface area contributed by atoms with Crippen molar-refractivity contribution >= 4 is 5.97 Å². The Kier molecular flexibility index (Phi) is 3.23. The Morgan fingerprint density at radius 2 is 2.06 bits per heavy atom. The molecule has 4 nitrogen and oxygen atoms in total. The average molecular weight is 230 g/mol. The topological polar surface area (TPSA) is 44.1 Å². The van der Waals surface area contributed by atoms with Crippen LogP contribution >= 0.6 is 0 Å². The number of benzene rings is 1. The zero-order valence-corrected chi connectivity index (χ0v) is 9.88. The molecule has 4 heteroatoms. The zero-order valence-electron chi connectivity index (χ0n) is 9.88. The van der Waals surface area contributed by atoms with Crippen LogP contribution in [0.25, 0.3) is 0 Å². The molecule has 0 aliphatic heterocycles. The molecule has 0 saturated heterocycles. The molecule has 0 amide bonds. The standard InChI is InChI=1S/C13H14N2O2/c1-10-14-12(13(16)17-2)9-15(10)8-11-6-4-3-5-7-11/h3-7,9H,8H2,1-2H3. The van der Waals surface area contributed by atoms with E-state index in [2.05, 4.69) is 9.72 Å². The molecule has 0 atom stereocenters. The summed E-state index contributed by atoms with van der Waals surface area (Å²) >= 11 is 0. The Morgan fingerprint density at radius 3 is 2.71 bits per heavy atom. The fourth-order valence-corrected chi connectivity index (χ4v) is 1.65. The molecule has 0 radical (unpaired) electrons. The lowest BCUT2D eigenvalue weighted by atomic mass is 10.2. The third kappa shape index (κ3) is 2.53. The van der Waals surface area contributed by atoms with Crippen molar-refractivity contribution in [2.24, 2.45) is 0 Å². The SMILES string of the molecule is COC(=O)c1cn(Cc2ccccc2)c(C)n1. The van der Waals surface area contributed by atoms with Gasteiger partial charge in [-0.1, -0.05) is 30.3 Å². The molecule has 0 aliphatic carbocycles. The number of nitrogens with zero attached hydrogens (tertiary/aromatic N) is 2. The van der Waals surface area contributed by atoms with Gasteiger partial charge in [0.25, 0.3) is 0 Å². The van der Waals surface area contributed by atoms with Gasteiger partial charge in [0.1, 0.15) is 5.82 Å². The molecule has 0 N–H and O–H groups in total. The van der Waals surface area contributed by atoms with Crippen molar-refractivity contribution in [3.63, 3.8) is 0 Å². The number of carbonyl (C=O) groups excluding carboxylic acids is 1. The van der Waals surface area contributed by atoms with Crippen LogP contribution in [0.3, 0.4) is 0 Å². The maximum atomic E-state index is 11.3. The summed E-state index contributed by atoms with van der Waals surface area (Å²) in [5.41, 5.74) is 1.52. The number of aromatic nitrogens is 2. The van der Waals surface area contributed by atoms with Crippen LogP contribution in [0.2, 0.25) is 0 Å². The fourth-order valence-electron chi connectivity index (χ4n) is 1.65. The van der Waals surface area contributed by atoms with E-state index >= 15 is 0 Å². The third-order valence-corrected chi connectivity index (χ3v) is 2.57. The Morgan fingerprint density at radius 1 is 1.35 bits per heavy atom. The number of hydrogen-bond donors (Lipinski definition) is 0. The summed E-state index contributed by atoms with van der Waals surface area (Å²) in [7, 11) is 1.36. The molecule has 17 heavy (non-hydrogen) atoms. The third-order valence-electron chi connectivity index (χ3n) is 2.57. The van der Waals surface area contributed by atoms with Crippen LogP contribution in [0.1, 0.15) is 21.9 Å². The monoisotopic (exact) mass is 230 g/mol. The van der Waals surface area contributed by atoms with Gasteiger partial charge in [-0.05, 0) is 12.5 Å². The molecule has 2 aromatic rings. The molecular weight excluding hydrogens is 216 g/mol. The van der Waals surface area contributed by atoms with E-state index in [1.807, 2.05) is 41.8 Å². The lowest BCUT2D eigenvalue weighted by Crippen LogP contribution is -2.01. The maximum Gasteiger partial charge on any atom is 0.358 e. The van der Waals surface area contributed by atoms with E-state index in [-0.39, 0.29) is 0 Å². The molecular formula is C13H14N2O2. The van der Waals surface area contributed by atoms with Crippen molar-refractivity contribution < 1.29 is 9.53 Å². The highest BCUT2D eigenvalue weighted by Crippen LogP contribution is 2.08. The van der Waals surface area contributed by atoms with Gasteiger partial charge in [-0.2, -0.15) is 0 Å². The molecule has 0 fully saturated rings. The van der Waals surface area contributed by atoms with E-state index in [4.69, 9.17) is 0 Å². The quantitative estimate of drug-likeness (QED) is 0.758. The predicted octanol–water partition coefficient (Wildman–Crippen LogP) is 2.03. The predicted molar refractivity (Wildman–Crippen MR) is 63.8 cm³/mol. The van der Waals surface area contributed by atoms with Crippen LogP contribution in [0.4, 0.5) is 0 Å². The number of aryl methyl sites for hydroxylation is 1. The lowest BCUT2D eigenvalue weighted by molar-refractivity contribution is 0.0594. The fraction of sp³-hybridized carbons (Fsp3) is 0.231. The molecule has 1 aromatic carbocycles. The van der Waals surface area contributed by atoms with Crippen LogP contribution in [0, 0.1) is 6.92 Å². The highest BCUT2D eigenvalue weighted by Gasteiger charge is 2.11. The van der Waals surface area contributed by atoms with Gasteiger partial charge in [-0.25, -0.2) is 9.78 Å². The zero-order chi connectivity index (χ0) is 12.3. The Balaban J connectivity index is 2.22. The highest BCUT2D eigenvalue weighted by molar-refractivity contribution is 5.86. The van der Waals surface area contributed by atoms with Crippen molar-refractivity contribution in [2.75, 3.05) is 7.11 Å². The number of imidazole rings is 1. The molecule has 0 saturated carbocycles. The second-order valence-corrected chi connectivity index (χ2v) is 3.78. The van der Waals surface area contributed by atoms with E-state index in [9.17, 15) is 4.79 Å². The first-order chi connectivity index (χ1) is 8.20. The summed E-state index contributed by atoms with van der Waals surface area (Å²) in [6.45, 7) is 2.58. The first kappa shape index (κ1) is 11.4. The van der Waals surface area contributed by atoms with Crippen LogP contribution < -0.4 is 0 Å². The maximum absolute atomic E-state index is 11.3. The van der Waals surface area contributed by atoms with Gasteiger partial charge in [0.15, 0.2) is 5.69 Å². The molecule has 1 aromatic heterocycles. The number of ether oxygens (including phenoxy) is 1. The molecule has 0 spiro atoms. The van der Waals surface area contributed by atoms with Gasteiger partial charge < -0.3 is 9.30 Å². The second kappa shape index (κ2) is 4.82. The average Bonchev–Trinajstić information content (AvgIpc) is 2.71. The van der Waals surface area contributed by atoms with Gasteiger partial charge in [-0.3, -0.25) is 0 Å². The van der Waals surface area contributed by atoms with Crippen molar-refractivity contribution in [1.82, 2.24) is 9.55 Å². The summed E-state index contributed by atoms with van der Waals surface area (Å²) < 4.78 is 6.57. The molecule has 0 aliphatic rings. The van der Waals surface area contributed by atoms with Crippen LogP contribution in [0.5, 0.6) is 0 Å². The summed E-state index contributed by atoms with van der Waals surface area (Å²) in [5, 5.41) is 0. The highest BCUT2D eigenvalue weighted by atomic mass is 16.5. The Bertz CT molecular complexity index is 517. The minimum Gasteiger partial charge on any atom is -0.464 e. The number of methoxy groups -OCH3 is 1. The van der Waals surface area contributed by atoms with Gasteiger partial charge in [0.2, 0.25) is 0 Å². The molecule has 1 heterocycles. The number of hydrogen-bond acceptors (Lipinski definition) is 3. The minimum atomic E-state index is -0.403. The number of esters is 1. The Hall–Kier alpha value is -2.10. The Labute approximate surface area is 99.9 Å². The van der Waals surface area contributed by atoms with Crippen LogP contribution in [-0.2, 0) is 11.3 Å². The van der Waals surface area contributed by atoms with Gasteiger partial charge >= 0.3 is 5.97 Å². The molecule has 0 bridgehead atoms. The second-order valence-electron chi connectivity index (χ2n) is 3.78. The molecule has 2 rings (SSSR count). The summed E-state index contributed by atoms with van der Waals surface area (Å²) in [5.74, 6) is 0.397. The number of rotatable bonds is 3. The van der Waals surface area contributed by atoms with Crippen LogP contribution in [0.15, 0.2) is 36.5 Å². The van der Waals surface area contributed by atoms with E-state index in [1.165, 1.54) is 12.7 Å². The molecule has 0 unspecified atom stereocenters. The van der Waals surface area contributed by atoms with E-state index in [1.54, 1.807) is 6.20 Å². The van der Waals surface area contributed by atoms with Crippen molar-refractivity contribution in [2.45, 2.75) is 13.5 Å².